The molecule has 0 radical (unpaired) electrons. The minimum Gasteiger partial charge on any atom is -0.387 e. The number of fused-ring (bicyclic) bond motifs is 1. The Bertz CT molecular complexity index is 468. The summed E-state index contributed by atoms with van der Waals surface area (Å²) < 4.78 is 0. The summed E-state index contributed by atoms with van der Waals surface area (Å²) in [5.41, 5.74) is 0.592. The van der Waals surface area contributed by atoms with E-state index in [1.807, 2.05) is 0 Å². The average molecular weight is 275 g/mol. The van der Waals surface area contributed by atoms with Gasteiger partial charge in [0.2, 0.25) is 0 Å². The third kappa shape index (κ3) is 2.28. The van der Waals surface area contributed by atoms with E-state index in [4.69, 9.17) is 0 Å². The van der Waals surface area contributed by atoms with Crippen LogP contribution in [0.5, 0.6) is 0 Å². The molecular formula is C17H25NO2. The molecule has 0 spiro atoms. The highest BCUT2D eigenvalue weighted by Crippen LogP contribution is 2.44. The Kier molecular flexibility index (Phi) is 3.61. The monoisotopic (exact) mass is 275 g/mol. The Morgan fingerprint density at radius 3 is 2.55 bits per heavy atom. The summed E-state index contributed by atoms with van der Waals surface area (Å²) in [7, 11) is 0. The standard InChI is InChI=1S/C17H25NO2/c1-13-4-6-14(7-5-13)12-15-17(20)9-3-2-8-16(17,19)10-11-18-15/h4-7,15,18-20H,2-3,8-12H2,1H3/t15-,16+,17?/m0/s1. The smallest absolute Gasteiger partial charge is 0.109 e. The van der Waals surface area contributed by atoms with Crippen molar-refractivity contribution in [3.05, 3.63) is 35.4 Å². The van der Waals surface area contributed by atoms with Crippen molar-refractivity contribution in [3.8, 4) is 0 Å². The van der Waals surface area contributed by atoms with Crippen LogP contribution in [-0.4, -0.2) is 34.0 Å². The predicted octanol–water partition coefficient (Wildman–Crippen LogP) is 1.94. The van der Waals surface area contributed by atoms with Gasteiger partial charge in [-0.1, -0.05) is 42.7 Å². The fourth-order valence-electron chi connectivity index (χ4n) is 3.92. The van der Waals surface area contributed by atoms with Crippen molar-refractivity contribution in [1.82, 2.24) is 5.32 Å². The van der Waals surface area contributed by atoms with Gasteiger partial charge in [0.15, 0.2) is 0 Å². The molecule has 1 aliphatic carbocycles. The Balaban J connectivity index is 1.82. The van der Waals surface area contributed by atoms with E-state index in [1.165, 1.54) is 11.1 Å². The maximum Gasteiger partial charge on any atom is 0.109 e. The molecule has 110 valence electrons. The van der Waals surface area contributed by atoms with Crippen molar-refractivity contribution in [3.63, 3.8) is 0 Å². The van der Waals surface area contributed by atoms with Crippen LogP contribution < -0.4 is 5.32 Å². The molecule has 20 heavy (non-hydrogen) atoms. The molecular weight excluding hydrogens is 250 g/mol. The molecule has 1 aromatic carbocycles. The van der Waals surface area contributed by atoms with Crippen molar-refractivity contribution < 1.29 is 10.2 Å². The zero-order chi connectivity index (χ0) is 14.2. The lowest BCUT2D eigenvalue weighted by atomic mass is 9.63. The van der Waals surface area contributed by atoms with Gasteiger partial charge in [0.25, 0.3) is 0 Å². The van der Waals surface area contributed by atoms with Gasteiger partial charge in [-0.25, -0.2) is 0 Å². The average Bonchev–Trinajstić information content (AvgIpc) is 2.43. The van der Waals surface area contributed by atoms with Crippen LogP contribution in [0.1, 0.15) is 43.2 Å². The van der Waals surface area contributed by atoms with E-state index in [1.54, 1.807) is 0 Å². The minimum absolute atomic E-state index is 0.0516. The van der Waals surface area contributed by atoms with Gasteiger partial charge in [-0.15, -0.1) is 0 Å². The van der Waals surface area contributed by atoms with Crippen LogP contribution in [-0.2, 0) is 6.42 Å². The van der Waals surface area contributed by atoms with Gasteiger partial charge >= 0.3 is 0 Å². The highest BCUT2D eigenvalue weighted by Gasteiger charge is 2.56. The number of piperidine rings is 1. The highest BCUT2D eigenvalue weighted by atomic mass is 16.4. The van der Waals surface area contributed by atoms with E-state index in [-0.39, 0.29) is 6.04 Å². The Morgan fingerprint density at radius 1 is 1.10 bits per heavy atom. The fourth-order valence-corrected chi connectivity index (χ4v) is 3.92. The van der Waals surface area contributed by atoms with E-state index in [0.717, 1.165) is 32.2 Å². The van der Waals surface area contributed by atoms with Gasteiger partial charge in [-0.3, -0.25) is 0 Å². The van der Waals surface area contributed by atoms with Gasteiger partial charge in [-0.05, 0) is 44.7 Å². The predicted molar refractivity (Wildman–Crippen MR) is 79.7 cm³/mol. The molecule has 0 amide bonds. The molecule has 3 nitrogen and oxygen atoms in total. The van der Waals surface area contributed by atoms with Crippen molar-refractivity contribution in [1.29, 1.82) is 0 Å². The van der Waals surface area contributed by atoms with Gasteiger partial charge in [0.1, 0.15) is 5.60 Å². The van der Waals surface area contributed by atoms with E-state index in [9.17, 15) is 10.2 Å². The van der Waals surface area contributed by atoms with Crippen molar-refractivity contribution >= 4 is 0 Å². The first-order chi connectivity index (χ1) is 9.53. The second-order valence-electron chi connectivity index (χ2n) is 6.61. The molecule has 1 unspecified atom stereocenters. The lowest BCUT2D eigenvalue weighted by Gasteiger charge is -2.54. The highest BCUT2D eigenvalue weighted by molar-refractivity contribution is 5.24. The second-order valence-corrected chi connectivity index (χ2v) is 6.61. The van der Waals surface area contributed by atoms with Crippen LogP contribution >= 0.6 is 0 Å². The molecule has 0 bridgehead atoms. The quantitative estimate of drug-likeness (QED) is 0.773. The Hall–Kier alpha value is -0.900. The number of hydrogen-bond acceptors (Lipinski definition) is 3. The molecule has 3 N–H and O–H groups in total. The molecule has 1 saturated heterocycles. The van der Waals surface area contributed by atoms with Crippen molar-refractivity contribution in [2.24, 2.45) is 0 Å². The third-order valence-electron chi connectivity index (χ3n) is 5.27. The van der Waals surface area contributed by atoms with Crippen molar-refractivity contribution in [2.45, 2.75) is 62.7 Å². The van der Waals surface area contributed by atoms with Crippen LogP contribution in [0.2, 0.25) is 0 Å². The summed E-state index contributed by atoms with van der Waals surface area (Å²) in [6.45, 7) is 2.87. The summed E-state index contributed by atoms with van der Waals surface area (Å²) in [6.07, 6.45) is 4.90. The maximum absolute atomic E-state index is 11.1. The molecule has 2 fully saturated rings. The molecule has 1 aromatic rings. The molecule has 3 rings (SSSR count). The topological polar surface area (TPSA) is 52.5 Å². The number of hydrogen-bond donors (Lipinski definition) is 3. The molecule has 1 aliphatic heterocycles. The first-order valence-corrected chi connectivity index (χ1v) is 7.77. The van der Waals surface area contributed by atoms with Crippen LogP contribution in [0.4, 0.5) is 0 Å². The van der Waals surface area contributed by atoms with Crippen LogP contribution in [0, 0.1) is 6.92 Å². The van der Waals surface area contributed by atoms with E-state index in [0.29, 0.717) is 12.8 Å². The number of rotatable bonds is 2. The van der Waals surface area contributed by atoms with Gasteiger partial charge in [-0.2, -0.15) is 0 Å². The summed E-state index contributed by atoms with van der Waals surface area (Å²) in [4.78, 5) is 0. The van der Waals surface area contributed by atoms with Crippen LogP contribution in [0.25, 0.3) is 0 Å². The fraction of sp³-hybridized carbons (Fsp3) is 0.647. The molecule has 0 aromatic heterocycles. The maximum atomic E-state index is 11.1. The summed E-state index contributed by atoms with van der Waals surface area (Å²) in [5, 5.41) is 25.4. The van der Waals surface area contributed by atoms with Crippen LogP contribution in [0.15, 0.2) is 24.3 Å². The first kappa shape index (κ1) is 14.1. The van der Waals surface area contributed by atoms with Crippen molar-refractivity contribution in [2.75, 3.05) is 6.54 Å². The Labute approximate surface area is 121 Å². The van der Waals surface area contributed by atoms with Crippen LogP contribution in [0.3, 0.4) is 0 Å². The van der Waals surface area contributed by atoms with Gasteiger partial charge in [0.05, 0.1) is 5.60 Å². The van der Waals surface area contributed by atoms with Gasteiger partial charge < -0.3 is 15.5 Å². The zero-order valence-corrected chi connectivity index (χ0v) is 12.2. The van der Waals surface area contributed by atoms with E-state index < -0.39 is 11.2 Å². The number of aliphatic hydroxyl groups is 2. The summed E-state index contributed by atoms with van der Waals surface area (Å²) >= 11 is 0. The lowest BCUT2D eigenvalue weighted by molar-refractivity contribution is -0.207. The number of nitrogens with one attached hydrogen (secondary N) is 1. The SMILES string of the molecule is Cc1ccc(C[C@@H]2NCC[C@]3(O)CCCCC23O)cc1. The van der Waals surface area contributed by atoms with Gasteiger partial charge in [0, 0.05) is 6.04 Å². The molecule has 3 atom stereocenters. The largest absolute Gasteiger partial charge is 0.387 e. The number of benzene rings is 1. The molecule has 2 aliphatic rings. The summed E-state index contributed by atoms with van der Waals surface area (Å²) in [5.74, 6) is 0. The number of aryl methyl sites for hydroxylation is 1. The lowest BCUT2D eigenvalue weighted by Crippen LogP contribution is -2.71. The van der Waals surface area contributed by atoms with E-state index >= 15 is 0 Å². The molecule has 1 heterocycles. The second kappa shape index (κ2) is 5.14. The first-order valence-electron chi connectivity index (χ1n) is 7.77. The zero-order valence-electron chi connectivity index (χ0n) is 12.2. The summed E-state index contributed by atoms with van der Waals surface area (Å²) in [6, 6.07) is 8.41. The normalized spacial score (nSPS) is 37.5. The van der Waals surface area contributed by atoms with E-state index in [2.05, 4.69) is 36.5 Å². The Morgan fingerprint density at radius 2 is 1.80 bits per heavy atom. The third-order valence-corrected chi connectivity index (χ3v) is 5.27. The minimum atomic E-state index is -0.978. The molecule has 1 saturated carbocycles. The molecule has 3 heteroatoms.